The molecule has 7 nitrogen and oxygen atoms in total. The van der Waals surface area contributed by atoms with Crippen LogP contribution in [0.1, 0.15) is 18.1 Å². The van der Waals surface area contributed by atoms with Crippen LogP contribution in [0.4, 0.5) is 0 Å². The molecule has 0 aliphatic heterocycles. The van der Waals surface area contributed by atoms with Gasteiger partial charge < -0.3 is 13.9 Å². The molecule has 0 aliphatic rings. The Bertz CT molecular complexity index is 1930. The summed E-state index contributed by atoms with van der Waals surface area (Å²) in [5.74, 6) is 1.84. The largest absolute Gasteiger partial charge is 0.490 e. The molecule has 41 heavy (non-hydrogen) atoms. The molecule has 0 amide bonds. The third kappa shape index (κ3) is 5.62. The van der Waals surface area contributed by atoms with E-state index in [0.717, 1.165) is 10.9 Å². The Hall–Kier alpha value is -4.40. The van der Waals surface area contributed by atoms with Gasteiger partial charge in [0.1, 0.15) is 12.2 Å². The van der Waals surface area contributed by atoms with E-state index < -0.39 is 0 Å². The zero-order valence-corrected chi connectivity index (χ0v) is 24.2. The van der Waals surface area contributed by atoms with Crippen molar-refractivity contribution < 1.29 is 13.9 Å². The summed E-state index contributed by atoms with van der Waals surface area (Å²) in [6, 6.07) is 27.8. The lowest BCUT2D eigenvalue weighted by Gasteiger charge is -2.15. The fourth-order valence-electron chi connectivity index (χ4n) is 4.41. The van der Waals surface area contributed by atoms with Gasteiger partial charge in [-0.15, -0.1) is 0 Å². The Morgan fingerprint density at radius 2 is 1.78 bits per heavy atom. The Morgan fingerprint density at radius 1 is 1.00 bits per heavy atom. The van der Waals surface area contributed by atoms with Gasteiger partial charge in [-0.05, 0) is 82.5 Å². The van der Waals surface area contributed by atoms with Crippen LogP contribution in [0.3, 0.4) is 0 Å². The number of ether oxygens (including phenoxy) is 2. The van der Waals surface area contributed by atoms with Crippen molar-refractivity contribution in [2.24, 2.45) is 5.10 Å². The molecule has 9 heteroatoms. The third-order valence-electron chi connectivity index (χ3n) is 6.35. The molecular weight excluding hydrogens is 606 g/mol. The summed E-state index contributed by atoms with van der Waals surface area (Å²) in [6.45, 7) is 2.68. The van der Waals surface area contributed by atoms with Crippen molar-refractivity contribution in [1.29, 1.82) is 0 Å². The molecule has 0 fully saturated rings. The van der Waals surface area contributed by atoms with E-state index in [1.165, 1.54) is 4.68 Å². The molecule has 0 spiro atoms. The van der Waals surface area contributed by atoms with Gasteiger partial charge in [0.05, 0.1) is 28.2 Å². The van der Waals surface area contributed by atoms with Crippen LogP contribution in [0, 0.1) is 0 Å². The average molecular weight is 629 g/mol. The summed E-state index contributed by atoms with van der Waals surface area (Å²) in [6.07, 6.45) is 1.58. The Balaban J connectivity index is 1.39. The number of furan rings is 1. The summed E-state index contributed by atoms with van der Waals surface area (Å²) in [4.78, 5) is 18.3. The van der Waals surface area contributed by atoms with Crippen molar-refractivity contribution in [1.82, 2.24) is 9.66 Å². The molecule has 6 aromatic rings. The van der Waals surface area contributed by atoms with E-state index in [9.17, 15) is 4.79 Å². The Kier molecular flexibility index (Phi) is 7.59. The normalized spacial score (nSPS) is 11.5. The van der Waals surface area contributed by atoms with E-state index >= 15 is 0 Å². The highest BCUT2D eigenvalue weighted by Crippen LogP contribution is 2.37. The highest BCUT2D eigenvalue weighted by Gasteiger charge is 2.17. The van der Waals surface area contributed by atoms with Crippen LogP contribution in [0.5, 0.6) is 11.5 Å². The smallest absolute Gasteiger partial charge is 0.282 e. The van der Waals surface area contributed by atoms with Crippen LogP contribution in [0.25, 0.3) is 33.5 Å². The number of hydrogen-bond donors (Lipinski definition) is 0. The second-order valence-electron chi connectivity index (χ2n) is 9.14. The highest BCUT2D eigenvalue weighted by atomic mass is 79.9. The van der Waals surface area contributed by atoms with Gasteiger partial charge in [-0.1, -0.05) is 54.1 Å². The second-order valence-corrected chi connectivity index (χ2v) is 10.4. The van der Waals surface area contributed by atoms with E-state index in [1.54, 1.807) is 24.4 Å². The topological polar surface area (TPSA) is 78.9 Å². The van der Waals surface area contributed by atoms with Gasteiger partial charge in [0, 0.05) is 10.4 Å². The maximum absolute atomic E-state index is 13.6. The lowest BCUT2D eigenvalue weighted by molar-refractivity contribution is 0.267. The lowest BCUT2D eigenvalue weighted by Crippen LogP contribution is -2.20. The summed E-state index contributed by atoms with van der Waals surface area (Å²) in [7, 11) is 0. The molecule has 0 unspecified atom stereocenters. The molecule has 6 rings (SSSR count). The predicted molar refractivity (Wildman–Crippen MR) is 165 cm³/mol. The van der Waals surface area contributed by atoms with Crippen LogP contribution in [0.15, 0.2) is 110 Å². The summed E-state index contributed by atoms with van der Waals surface area (Å²) < 4.78 is 20.0. The van der Waals surface area contributed by atoms with E-state index in [0.29, 0.717) is 67.8 Å². The van der Waals surface area contributed by atoms with Gasteiger partial charge in [-0.25, -0.2) is 4.98 Å². The number of aromatic nitrogens is 2. The van der Waals surface area contributed by atoms with Gasteiger partial charge in [0.25, 0.3) is 5.56 Å². The van der Waals surface area contributed by atoms with E-state index in [2.05, 4.69) is 21.0 Å². The number of rotatable bonds is 8. The number of nitrogens with zero attached hydrogens (tertiary/aromatic N) is 3. The molecule has 0 N–H and O–H groups in total. The first-order chi connectivity index (χ1) is 20.0. The molecule has 0 aliphatic carbocycles. The van der Waals surface area contributed by atoms with Gasteiger partial charge >= 0.3 is 0 Å². The fourth-order valence-corrected chi connectivity index (χ4v) is 5.11. The molecule has 0 bridgehead atoms. The molecule has 204 valence electrons. The van der Waals surface area contributed by atoms with E-state index in [-0.39, 0.29) is 5.56 Å². The first kappa shape index (κ1) is 26.8. The molecule has 4 aromatic carbocycles. The van der Waals surface area contributed by atoms with E-state index in [4.69, 9.17) is 30.5 Å². The number of para-hydroxylation sites is 2. The van der Waals surface area contributed by atoms with Crippen LogP contribution in [-0.2, 0) is 6.61 Å². The van der Waals surface area contributed by atoms with Gasteiger partial charge in [-0.2, -0.15) is 9.78 Å². The first-order valence-electron chi connectivity index (χ1n) is 12.9. The molecular formula is C32H23BrClN3O4. The van der Waals surface area contributed by atoms with Crippen LogP contribution in [-0.4, -0.2) is 22.5 Å². The lowest BCUT2D eigenvalue weighted by atomic mass is 10.2. The minimum atomic E-state index is -0.311. The average Bonchev–Trinajstić information content (AvgIpc) is 3.42. The minimum absolute atomic E-state index is 0.299. The number of benzene rings is 4. The van der Waals surface area contributed by atoms with Gasteiger partial charge in [0.15, 0.2) is 17.3 Å². The van der Waals surface area contributed by atoms with Gasteiger partial charge in [0.2, 0.25) is 5.82 Å². The summed E-state index contributed by atoms with van der Waals surface area (Å²) >= 11 is 9.62. The molecule has 0 radical (unpaired) electrons. The zero-order valence-electron chi connectivity index (χ0n) is 21.9. The number of hydrogen-bond acceptors (Lipinski definition) is 6. The Labute approximate surface area is 248 Å². The maximum atomic E-state index is 13.6. The summed E-state index contributed by atoms with van der Waals surface area (Å²) in [5, 5.41) is 6.59. The van der Waals surface area contributed by atoms with Crippen molar-refractivity contribution in [2.45, 2.75) is 13.5 Å². The first-order valence-corrected chi connectivity index (χ1v) is 14.1. The van der Waals surface area contributed by atoms with Gasteiger partial charge in [-0.3, -0.25) is 4.79 Å². The predicted octanol–water partition coefficient (Wildman–Crippen LogP) is 8.09. The monoisotopic (exact) mass is 627 g/mol. The van der Waals surface area contributed by atoms with Crippen molar-refractivity contribution in [3.05, 3.63) is 122 Å². The SMILES string of the molecule is CCOc1cc(C=Nn2c(-c3cc4ccccc4o3)nc3ccccc3c2=O)cc(Br)c1OCc1ccc(Cl)cc1. The molecule has 0 saturated heterocycles. The van der Waals surface area contributed by atoms with Crippen LogP contribution in [0.2, 0.25) is 5.02 Å². The number of halogens is 2. The maximum Gasteiger partial charge on any atom is 0.282 e. The van der Waals surface area contributed by atoms with E-state index in [1.807, 2.05) is 79.7 Å². The highest BCUT2D eigenvalue weighted by molar-refractivity contribution is 9.10. The van der Waals surface area contributed by atoms with Crippen molar-refractivity contribution >= 4 is 55.6 Å². The molecule has 2 heterocycles. The zero-order chi connectivity index (χ0) is 28.3. The quantitative estimate of drug-likeness (QED) is 0.159. The molecule has 0 saturated carbocycles. The van der Waals surface area contributed by atoms with Crippen LogP contribution < -0.4 is 15.0 Å². The minimum Gasteiger partial charge on any atom is -0.490 e. The molecule has 0 atom stereocenters. The Morgan fingerprint density at radius 3 is 2.59 bits per heavy atom. The number of fused-ring (bicyclic) bond motifs is 2. The van der Waals surface area contributed by atoms with Crippen molar-refractivity contribution in [3.63, 3.8) is 0 Å². The van der Waals surface area contributed by atoms with Crippen molar-refractivity contribution in [2.75, 3.05) is 6.61 Å². The molecule has 2 aromatic heterocycles. The summed E-state index contributed by atoms with van der Waals surface area (Å²) in [5.41, 5.74) is 2.60. The fraction of sp³-hybridized carbons (Fsp3) is 0.0938. The van der Waals surface area contributed by atoms with Crippen molar-refractivity contribution in [3.8, 4) is 23.1 Å². The third-order valence-corrected chi connectivity index (χ3v) is 7.19. The second kappa shape index (κ2) is 11.6. The van der Waals surface area contributed by atoms with Crippen LogP contribution >= 0.6 is 27.5 Å². The standard InChI is InChI=1S/C32H23BrClN3O4/c1-2-39-28-16-21(15-25(33)30(28)40-19-20-11-13-23(34)14-12-20)18-35-37-31(29-17-22-7-3-6-10-27(22)41-29)36-26-9-5-4-8-24(26)32(37)38/h3-18H,2,19H2,1H3.